The lowest BCUT2D eigenvalue weighted by Gasteiger charge is -2.10. The van der Waals surface area contributed by atoms with E-state index >= 15 is 0 Å². The first kappa shape index (κ1) is 19.9. The van der Waals surface area contributed by atoms with Gasteiger partial charge in [0.1, 0.15) is 18.4 Å². The summed E-state index contributed by atoms with van der Waals surface area (Å²) in [6.07, 6.45) is 1.55. The van der Waals surface area contributed by atoms with Crippen molar-refractivity contribution < 1.29 is 19.1 Å². The average Bonchev–Trinajstić information content (AvgIpc) is 2.70. The molecule has 0 saturated heterocycles. The van der Waals surface area contributed by atoms with E-state index in [4.69, 9.17) is 4.74 Å². The predicted molar refractivity (Wildman–Crippen MR) is 102 cm³/mol. The number of carbonyl (C=O) groups is 2. The molecule has 0 heterocycles. The third kappa shape index (κ3) is 5.29. The summed E-state index contributed by atoms with van der Waals surface area (Å²) in [5, 5.41) is 9.28. The number of esters is 1. The van der Waals surface area contributed by atoms with Crippen molar-refractivity contribution in [3.63, 3.8) is 0 Å². The Balaban J connectivity index is 2.18. The van der Waals surface area contributed by atoms with E-state index in [1.165, 1.54) is 7.11 Å². The summed E-state index contributed by atoms with van der Waals surface area (Å²) in [6, 6.07) is 16.1. The molecule has 0 unspecified atom stereocenters. The Hall–Kier alpha value is -3.39. The minimum Gasteiger partial charge on any atom is -0.488 e. The van der Waals surface area contributed by atoms with E-state index < -0.39 is 5.97 Å². The molecule has 0 N–H and O–H groups in total. The van der Waals surface area contributed by atoms with Crippen LogP contribution in [0.4, 0.5) is 0 Å². The Bertz CT molecular complexity index is 889. The first-order valence-electron chi connectivity index (χ1n) is 8.51. The molecule has 2 rings (SSSR count). The summed E-state index contributed by atoms with van der Waals surface area (Å²) in [7, 11) is 1.34. The monoisotopic (exact) mass is 363 g/mol. The molecule has 0 aliphatic rings. The van der Waals surface area contributed by atoms with Crippen molar-refractivity contribution in [2.24, 2.45) is 5.92 Å². The number of allylic oxidation sites excluding steroid dienone is 1. The molecule has 0 aromatic heterocycles. The standard InChI is InChI=1S/C22H21NO4/c1-15(2)21(24)19(13-23)12-18-6-4-5-7-20(18)27-14-16-8-10-17(11-9-16)22(25)26-3/h4-12,15H,14H2,1-3H3/b19-12-. The van der Waals surface area contributed by atoms with Gasteiger partial charge in [0.05, 0.1) is 18.2 Å². The molecule has 0 saturated carbocycles. The molecule has 138 valence electrons. The van der Waals surface area contributed by atoms with Gasteiger partial charge in [0, 0.05) is 11.5 Å². The summed E-state index contributed by atoms with van der Waals surface area (Å²) in [5.74, 6) is -0.279. The molecule has 0 aliphatic heterocycles. The van der Waals surface area contributed by atoms with Gasteiger partial charge < -0.3 is 9.47 Å². The predicted octanol–water partition coefficient (Wildman–Crippen LogP) is 4.18. The fourth-order valence-corrected chi connectivity index (χ4v) is 2.37. The van der Waals surface area contributed by atoms with Crippen LogP contribution in [0.1, 0.15) is 35.3 Å². The fourth-order valence-electron chi connectivity index (χ4n) is 2.37. The van der Waals surface area contributed by atoms with Gasteiger partial charge >= 0.3 is 5.97 Å². The van der Waals surface area contributed by atoms with Crippen molar-refractivity contribution in [2.75, 3.05) is 7.11 Å². The first-order valence-corrected chi connectivity index (χ1v) is 8.51. The zero-order valence-corrected chi connectivity index (χ0v) is 15.6. The third-order valence-corrected chi connectivity index (χ3v) is 3.90. The molecule has 0 spiro atoms. The topological polar surface area (TPSA) is 76.4 Å². The van der Waals surface area contributed by atoms with E-state index in [9.17, 15) is 14.9 Å². The van der Waals surface area contributed by atoms with E-state index in [1.807, 2.05) is 18.2 Å². The summed E-state index contributed by atoms with van der Waals surface area (Å²) < 4.78 is 10.5. The summed E-state index contributed by atoms with van der Waals surface area (Å²) in [5.41, 5.74) is 2.10. The van der Waals surface area contributed by atoms with Crippen LogP contribution >= 0.6 is 0 Å². The maximum Gasteiger partial charge on any atom is 0.337 e. The van der Waals surface area contributed by atoms with Gasteiger partial charge in [0.25, 0.3) is 0 Å². The lowest BCUT2D eigenvalue weighted by Crippen LogP contribution is -2.09. The van der Waals surface area contributed by atoms with Gasteiger partial charge in [-0.05, 0) is 29.8 Å². The van der Waals surface area contributed by atoms with Crippen LogP contribution in [0.15, 0.2) is 54.1 Å². The highest BCUT2D eigenvalue weighted by molar-refractivity contribution is 6.04. The minimum absolute atomic E-state index is 0.100. The summed E-state index contributed by atoms with van der Waals surface area (Å²) in [4.78, 5) is 23.6. The van der Waals surface area contributed by atoms with Gasteiger partial charge in [-0.1, -0.05) is 44.2 Å². The second-order valence-electron chi connectivity index (χ2n) is 6.20. The number of carbonyl (C=O) groups excluding carboxylic acids is 2. The molecular formula is C22H21NO4. The Morgan fingerprint density at radius 3 is 2.37 bits per heavy atom. The van der Waals surface area contributed by atoms with Gasteiger partial charge in [-0.2, -0.15) is 5.26 Å². The molecule has 0 radical (unpaired) electrons. The molecule has 0 fully saturated rings. The molecule has 2 aromatic carbocycles. The Morgan fingerprint density at radius 2 is 1.78 bits per heavy atom. The van der Waals surface area contributed by atoms with E-state index in [-0.39, 0.29) is 23.9 Å². The maximum absolute atomic E-state index is 12.1. The second-order valence-corrected chi connectivity index (χ2v) is 6.20. The normalized spacial score (nSPS) is 11.0. The van der Waals surface area contributed by atoms with Crippen LogP contribution in [0, 0.1) is 17.2 Å². The number of ketones is 1. The largest absolute Gasteiger partial charge is 0.488 e. The molecule has 0 amide bonds. The number of hydrogen-bond donors (Lipinski definition) is 0. The highest BCUT2D eigenvalue weighted by Crippen LogP contribution is 2.23. The van der Waals surface area contributed by atoms with Gasteiger partial charge in [-0.3, -0.25) is 4.79 Å². The molecule has 0 atom stereocenters. The van der Waals surface area contributed by atoms with Crippen molar-refractivity contribution in [3.05, 3.63) is 70.8 Å². The molecule has 0 bridgehead atoms. The highest BCUT2D eigenvalue weighted by Gasteiger charge is 2.14. The van der Waals surface area contributed by atoms with Crippen molar-refractivity contribution >= 4 is 17.8 Å². The van der Waals surface area contributed by atoms with Gasteiger partial charge in [-0.25, -0.2) is 4.79 Å². The van der Waals surface area contributed by atoms with Crippen LogP contribution < -0.4 is 4.74 Å². The van der Waals surface area contributed by atoms with Gasteiger partial charge in [-0.15, -0.1) is 0 Å². The van der Waals surface area contributed by atoms with Crippen LogP contribution in [-0.2, 0) is 16.1 Å². The van der Waals surface area contributed by atoms with Crippen molar-refractivity contribution in [1.29, 1.82) is 5.26 Å². The molecular weight excluding hydrogens is 342 g/mol. The number of rotatable bonds is 7. The van der Waals surface area contributed by atoms with E-state index in [0.717, 1.165) is 5.56 Å². The summed E-state index contributed by atoms with van der Waals surface area (Å²) in [6.45, 7) is 3.80. The zero-order valence-electron chi connectivity index (χ0n) is 15.6. The lowest BCUT2D eigenvalue weighted by molar-refractivity contribution is -0.117. The van der Waals surface area contributed by atoms with Crippen LogP contribution in [0.2, 0.25) is 0 Å². The Kier molecular flexibility index (Phi) is 6.90. The van der Waals surface area contributed by atoms with E-state index in [1.54, 1.807) is 56.3 Å². The zero-order chi connectivity index (χ0) is 19.8. The number of benzene rings is 2. The number of methoxy groups -OCH3 is 1. The van der Waals surface area contributed by atoms with Crippen molar-refractivity contribution in [3.8, 4) is 11.8 Å². The quantitative estimate of drug-likeness (QED) is 0.419. The van der Waals surface area contributed by atoms with Gasteiger partial charge in [0.15, 0.2) is 5.78 Å². The summed E-state index contributed by atoms with van der Waals surface area (Å²) >= 11 is 0. The first-order chi connectivity index (χ1) is 13.0. The van der Waals surface area contributed by atoms with E-state index in [0.29, 0.717) is 16.9 Å². The number of nitriles is 1. The van der Waals surface area contributed by atoms with Crippen LogP contribution in [0.5, 0.6) is 5.75 Å². The smallest absolute Gasteiger partial charge is 0.337 e. The number of ether oxygens (including phenoxy) is 2. The van der Waals surface area contributed by atoms with Crippen LogP contribution in [0.25, 0.3) is 6.08 Å². The lowest BCUT2D eigenvalue weighted by atomic mass is 9.99. The molecule has 5 heteroatoms. The minimum atomic E-state index is -0.392. The second kappa shape index (κ2) is 9.35. The number of hydrogen-bond acceptors (Lipinski definition) is 5. The van der Waals surface area contributed by atoms with E-state index in [2.05, 4.69) is 4.74 Å². The fraction of sp³-hybridized carbons (Fsp3) is 0.227. The maximum atomic E-state index is 12.1. The number of nitrogens with zero attached hydrogens (tertiary/aromatic N) is 1. The Morgan fingerprint density at radius 1 is 1.11 bits per heavy atom. The van der Waals surface area contributed by atoms with Crippen molar-refractivity contribution in [2.45, 2.75) is 20.5 Å². The van der Waals surface area contributed by atoms with Crippen molar-refractivity contribution in [1.82, 2.24) is 0 Å². The Labute approximate surface area is 158 Å². The van der Waals surface area contributed by atoms with Crippen LogP contribution in [0.3, 0.4) is 0 Å². The highest BCUT2D eigenvalue weighted by atomic mass is 16.5. The number of para-hydroxylation sites is 1. The molecule has 5 nitrogen and oxygen atoms in total. The molecule has 2 aromatic rings. The van der Waals surface area contributed by atoms with Crippen LogP contribution in [-0.4, -0.2) is 18.9 Å². The average molecular weight is 363 g/mol. The number of Topliss-reactive ketones (excluding diaryl/α,β-unsaturated/α-hetero) is 1. The molecule has 0 aliphatic carbocycles. The SMILES string of the molecule is COC(=O)c1ccc(COc2ccccc2/C=C(/C#N)C(=O)C(C)C)cc1. The van der Waals surface area contributed by atoms with Gasteiger partial charge in [0.2, 0.25) is 0 Å². The third-order valence-electron chi connectivity index (χ3n) is 3.90. The molecule has 27 heavy (non-hydrogen) atoms.